The van der Waals surface area contributed by atoms with E-state index in [9.17, 15) is 24.8 Å². The van der Waals surface area contributed by atoms with Crippen LogP contribution in [0.2, 0.25) is 0 Å². The Kier molecular flexibility index (Phi) is 7.29. The second-order valence-electron chi connectivity index (χ2n) is 7.50. The Hall–Kier alpha value is -5.39. The third kappa shape index (κ3) is 5.65. The molecule has 0 bridgehead atoms. The molecule has 0 unspecified atom stereocenters. The van der Waals surface area contributed by atoms with Gasteiger partial charge in [-0.1, -0.05) is 24.3 Å². The van der Waals surface area contributed by atoms with E-state index in [2.05, 4.69) is 15.8 Å². The largest absolute Gasteiger partial charge is 0.504 e. The average molecular weight is 504 g/mol. The number of nitrogens with zero attached hydrogens (tertiary/aromatic N) is 2. The number of nitrogens with one attached hydrogen (secondary N) is 2. The van der Waals surface area contributed by atoms with Crippen molar-refractivity contribution in [2.24, 2.45) is 5.10 Å². The minimum absolute atomic E-state index is 0.0328. The molecule has 188 valence electrons. The van der Waals surface area contributed by atoms with Crippen LogP contribution < -0.4 is 25.0 Å². The van der Waals surface area contributed by atoms with Crippen molar-refractivity contribution >= 4 is 29.8 Å². The highest BCUT2D eigenvalue weighted by Crippen LogP contribution is 2.38. The number of hydrogen-bond donors (Lipinski definition) is 3. The van der Waals surface area contributed by atoms with Gasteiger partial charge in [0.15, 0.2) is 17.2 Å². The fraction of sp³-hybridized carbons (Fsp3) is 0.0800. The molecule has 0 saturated heterocycles. The van der Waals surface area contributed by atoms with Crippen molar-refractivity contribution in [2.75, 3.05) is 13.9 Å². The van der Waals surface area contributed by atoms with Crippen molar-refractivity contribution in [1.82, 2.24) is 10.7 Å². The summed E-state index contributed by atoms with van der Waals surface area (Å²) in [4.78, 5) is 36.4. The second-order valence-corrected chi connectivity index (χ2v) is 7.50. The second kappa shape index (κ2) is 10.9. The molecule has 0 atom stereocenters. The third-order valence-electron chi connectivity index (χ3n) is 5.13. The van der Waals surface area contributed by atoms with Crippen LogP contribution >= 0.6 is 0 Å². The molecule has 37 heavy (non-hydrogen) atoms. The quantitative estimate of drug-likeness (QED) is 0.183. The van der Waals surface area contributed by atoms with Crippen LogP contribution in [0.1, 0.15) is 21.5 Å². The van der Waals surface area contributed by atoms with E-state index in [0.29, 0.717) is 22.6 Å². The van der Waals surface area contributed by atoms with Crippen molar-refractivity contribution in [3.05, 3.63) is 93.2 Å². The number of nitro benzene ring substituents is 1. The third-order valence-corrected chi connectivity index (χ3v) is 5.13. The first-order valence-electron chi connectivity index (χ1n) is 10.7. The van der Waals surface area contributed by atoms with Gasteiger partial charge in [0.2, 0.25) is 12.5 Å². The Morgan fingerprint density at radius 3 is 2.59 bits per heavy atom. The molecule has 3 N–H and O–H groups in total. The number of phenols is 1. The number of fused-ring (bicyclic) bond motifs is 1. The van der Waals surface area contributed by atoms with Gasteiger partial charge >= 0.3 is 5.69 Å². The van der Waals surface area contributed by atoms with Gasteiger partial charge in [-0.15, -0.1) is 0 Å². The summed E-state index contributed by atoms with van der Waals surface area (Å²) in [5, 5.41) is 27.7. The molecule has 0 spiro atoms. The van der Waals surface area contributed by atoms with Crippen molar-refractivity contribution < 1.29 is 33.8 Å². The number of carbonyl (C=O) groups excluding carboxylic acids is 2. The number of hydrogen-bond acceptors (Lipinski definition) is 9. The molecule has 3 aromatic carbocycles. The SMILES string of the molecule is COc1c(O)ccc(/C=N/NC(=O)/C(=C\c2ccc3c(c2)OCO3)NC(=O)c2ccccc2)c1[N+](=O)[O-]. The zero-order valence-corrected chi connectivity index (χ0v) is 19.3. The van der Waals surface area contributed by atoms with Crippen LogP contribution in [0.25, 0.3) is 6.08 Å². The van der Waals surface area contributed by atoms with E-state index in [1.807, 2.05) is 0 Å². The molecule has 4 rings (SSSR count). The lowest BCUT2D eigenvalue weighted by molar-refractivity contribution is -0.386. The molecule has 0 aromatic heterocycles. The predicted octanol–water partition coefficient (Wildman–Crippen LogP) is 2.96. The topological polar surface area (TPSA) is 162 Å². The predicted molar refractivity (Wildman–Crippen MR) is 132 cm³/mol. The van der Waals surface area contributed by atoms with Crippen LogP contribution in [0.4, 0.5) is 5.69 Å². The Balaban J connectivity index is 1.60. The van der Waals surface area contributed by atoms with Crippen LogP contribution in [0.15, 0.2) is 71.5 Å². The van der Waals surface area contributed by atoms with Gasteiger partial charge in [-0.3, -0.25) is 19.7 Å². The summed E-state index contributed by atoms with van der Waals surface area (Å²) in [5.41, 5.74) is 2.38. The highest BCUT2D eigenvalue weighted by atomic mass is 16.7. The van der Waals surface area contributed by atoms with Crippen LogP contribution in [0.3, 0.4) is 0 Å². The van der Waals surface area contributed by atoms with Gasteiger partial charge in [-0.25, -0.2) is 5.43 Å². The number of rotatable bonds is 8. The van der Waals surface area contributed by atoms with Crippen molar-refractivity contribution in [2.45, 2.75) is 0 Å². The van der Waals surface area contributed by atoms with Gasteiger partial charge in [-0.05, 0) is 48.0 Å². The molecule has 0 aliphatic carbocycles. The maximum Gasteiger partial charge on any atom is 0.323 e. The average Bonchev–Trinajstić information content (AvgIpc) is 3.37. The van der Waals surface area contributed by atoms with Crippen molar-refractivity contribution in [3.63, 3.8) is 0 Å². The molecular formula is C25H20N4O8. The van der Waals surface area contributed by atoms with Crippen molar-refractivity contribution in [1.29, 1.82) is 0 Å². The van der Waals surface area contributed by atoms with E-state index in [1.54, 1.807) is 48.5 Å². The van der Waals surface area contributed by atoms with Crippen LogP contribution in [-0.4, -0.2) is 42.0 Å². The fourth-order valence-corrected chi connectivity index (χ4v) is 3.40. The molecule has 1 aliphatic rings. The highest BCUT2D eigenvalue weighted by Gasteiger charge is 2.23. The molecular weight excluding hydrogens is 484 g/mol. The summed E-state index contributed by atoms with van der Waals surface area (Å²) in [6, 6.07) is 15.7. The first-order chi connectivity index (χ1) is 17.9. The van der Waals surface area contributed by atoms with Gasteiger partial charge < -0.3 is 24.6 Å². The van der Waals surface area contributed by atoms with E-state index >= 15 is 0 Å². The first kappa shape index (κ1) is 24.7. The Bertz CT molecular complexity index is 1420. The lowest BCUT2D eigenvalue weighted by Gasteiger charge is -2.10. The lowest BCUT2D eigenvalue weighted by atomic mass is 10.1. The molecule has 1 aliphatic heterocycles. The van der Waals surface area contributed by atoms with E-state index in [1.165, 1.54) is 25.3 Å². The summed E-state index contributed by atoms with van der Waals surface area (Å²) < 4.78 is 15.6. The van der Waals surface area contributed by atoms with Gasteiger partial charge in [0.05, 0.1) is 23.8 Å². The maximum atomic E-state index is 13.0. The summed E-state index contributed by atoms with van der Waals surface area (Å²) in [6.07, 6.45) is 2.44. The number of hydrazone groups is 1. The minimum Gasteiger partial charge on any atom is -0.504 e. The fourth-order valence-electron chi connectivity index (χ4n) is 3.40. The number of benzene rings is 3. The first-order valence-corrected chi connectivity index (χ1v) is 10.7. The van der Waals surface area contributed by atoms with E-state index in [-0.39, 0.29) is 23.8 Å². The summed E-state index contributed by atoms with van der Waals surface area (Å²) in [6.45, 7) is 0.0729. The Morgan fingerprint density at radius 1 is 1.11 bits per heavy atom. The zero-order valence-electron chi connectivity index (χ0n) is 19.3. The number of phenolic OH excluding ortho intramolecular Hbond substituents is 1. The Labute approximate surface area is 209 Å². The monoisotopic (exact) mass is 504 g/mol. The molecule has 0 fully saturated rings. The van der Waals surface area contributed by atoms with Crippen LogP contribution in [-0.2, 0) is 4.79 Å². The van der Waals surface area contributed by atoms with E-state index in [0.717, 1.165) is 6.21 Å². The van der Waals surface area contributed by atoms with Gasteiger partial charge in [0.1, 0.15) is 5.70 Å². The van der Waals surface area contributed by atoms with Crippen LogP contribution in [0.5, 0.6) is 23.0 Å². The molecule has 2 amide bonds. The van der Waals surface area contributed by atoms with Gasteiger partial charge in [0, 0.05) is 5.56 Å². The van der Waals surface area contributed by atoms with Crippen molar-refractivity contribution in [3.8, 4) is 23.0 Å². The standard InChI is InChI=1S/C25H20N4O8/c1-35-23-19(30)9-8-17(22(23)29(33)34)13-26-28-25(32)18(27-24(31)16-5-3-2-4-6-16)11-15-7-10-20-21(12-15)37-14-36-20/h2-13,30H,14H2,1H3,(H,27,31)(H,28,32)/b18-11+,26-13+. The minimum atomic E-state index is -0.799. The molecule has 12 nitrogen and oxygen atoms in total. The number of amides is 2. The summed E-state index contributed by atoms with van der Waals surface area (Å²) in [5.74, 6) is -1.08. The number of nitro groups is 1. The smallest absolute Gasteiger partial charge is 0.323 e. The summed E-state index contributed by atoms with van der Waals surface area (Å²) in [7, 11) is 1.17. The number of methoxy groups -OCH3 is 1. The normalized spacial score (nSPS) is 12.3. The van der Waals surface area contributed by atoms with Crippen LogP contribution in [0, 0.1) is 10.1 Å². The van der Waals surface area contributed by atoms with E-state index < -0.39 is 28.2 Å². The molecule has 0 radical (unpaired) electrons. The lowest BCUT2D eigenvalue weighted by Crippen LogP contribution is -2.32. The molecule has 3 aromatic rings. The van der Waals surface area contributed by atoms with E-state index in [4.69, 9.17) is 14.2 Å². The number of carbonyl (C=O) groups is 2. The number of ether oxygens (including phenoxy) is 3. The highest BCUT2D eigenvalue weighted by molar-refractivity contribution is 6.05. The summed E-state index contributed by atoms with van der Waals surface area (Å²) >= 11 is 0. The zero-order chi connectivity index (χ0) is 26.4. The maximum absolute atomic E-state index is 13.0. The Morgan fingerprint density at radius 2 is 1.86 bits per heavy atom. The van der Waals surface area contributed by atoms with Gasteiger partial charge in [0.25, 0.3) is 11.8 Å². The molecule has 1 heterocycles. The van der Waals surface area contributed by atoms with Gasteiger partial charge in [-0.2, -0.15) is 5.10 Å². The molecule has 12 heteroatoms. The number of aromatic hydroxyl groups is 1. The molecule has 0 saturated carbocycles.